The topological polar surface area (TPSA) is 63.5 Å². The predicted octanol–water partition coefficient (Wildman–Crippen LogP) is 2.67. The van der Waals surface area contributed by atoms with E-state index < -0.39 is 13.0 Å². The van der Waals surface area contributed by atoms with Crippen molar-refractivity contribution in [3.8, 4) is 5.75 Å². The van der Waals surface area contributed by atoms with Crippen LogP contribution in [-0.4, -0.2) is 41.9 Å². The number of aliphatic imine (C=N–C) groups is 1. The third kappa shape index (κ3) is 7.50. The minimum atomic E-state index is -2.48. The Morgan fingerprint density at radius 3 is 2.92 bits per heavy atom. The fraction of sp³-hybridized carbons (Fsp3) is 0.444. The minimum absolute atomic E-state index is 0.426. The van der Waals surface area contributed by atoms with Crippen LogP contribution in [0.2, 0.25) is 0 Å². The molecule has 0 aliphatic carbocycles. The fourth-order valence-electron chi connectivity index (χ4n) is 2.29. The Morgan fingerprint density at radius 2 is 2.19 bits per heavy atom. The molecule has 0 amide bonds. The van der Waals surface area contributed by atoms with Crippen molar-refractivity contribution in [1.82, 2.24) is 20.4 Å². The molecule has 0 radical (unpaired) electrons. The Kier molecular flexibility index (Phi) is 8.38. The number of halogens is 2. The molecule has 0 atom stereocenters. The van der Waals surface area contributed by atoms with E-state index in [9.17, 15) is 8.78 Å². The highest BCUT2D eigenvalue weighted by molar-refractivity contribution is 5.79. The van der Waals surface area contributed by atoms with Gasteiger partial charge < -0.3 is 15.4 Å². The van der Waals surface area contributed by atoms with Crippen molar-refractivity contribution < 1.29 is 13.5 Å². The number of alkyl halides is 2. The van der Waals surface area contributed by atoms with Crippen LogP contribution < -0.4 is 15.4 Å². The van der Waals surface area contributed by atoms with Crippen LogP contribution in [0.3, 0.4) is 0 Å². The zero-order chi connectivity index (χ0) is 18.6. The molecule has 0 bridgehead atoms. The zero-order valence-corrected chi connectivity index (χ0v) is 14.9. The summed E-state index contributed by atoms with van der Waals surface area (Å²) in [6.45, 7) is 4.18. The first-order valence-corrected chi connectivity index (χ1v) is 8.67. The number of aryl methyl sites for hydroxylation is 1. The number of ether oxygens (including phenoxy) is 1. The lowest BCUT2D eigenvalue weighted by molar-refractivity contribution is 0.0818. The highest BCUT2D eigenvalue weighted by Gasteiger charge is 2.04. The number of benzene rings is 1. The van der Waals surface area contributed by atoms with Gasteiger partial charge in [0.2, 0.25) is 0 Å². The summed E-state index contributed by atoms with van der Waals surface area (Å²) in [6.07, 6.45) is 2.13. The molecule has 0 aliphatic rings. The fourth-order valence-corrected chi connectivity index (χ4v) is 2.29. The Labute approximate surface area is 152 Å². The van der Waals surface area contributed by atoms with E-state index in [0.29, 0.717) is 18.3 Å². The Hall–Kier alpha value is -2.64. The maximum absolute atomic E-state index is 12.2. The number of guanidine groups is 1. The van der Waals surface area contributed by atoms with Crippen molar-refractivity contribution in [2.45, 2.75) is 32.9 Å². The predicted molar refractivity (Wildman–Crippen MR) is 97.6 cm³/mol. The van der Waals surface area contributed by atoms with Gasteiger partial charge in [-0.15, -0.1) is 0 Å². The van der Waals surface area contributed by atoms with Crippen LogP contribution in [0.4, 0.5) is 8.78 Å². The monoisotopic (exact) mass is 365 g/mol. The lowest BCUT2D eigenvalue weighted by Crippen LogP contribution is -2.38. The molecule has 1 heterocycles. The number of nitrogens with zero attached hydrogens (tertiary/aromatic N) is 3. The minimum Gasteiger partial charge on any atom is -0.488 e. The van der Waals surface area contributed by atoms with Gasteiger partial charge in [-0.2, -0.15) is 5.10 Å². The van der Waals surface area contributed by atoms with Gasteiger partial charge in [-0.05, 0) is 37.1 Å². The van der Waals surface area contributed by atoms with Crippen molar-refractivity contribution in [2.24, 2.45) is 4.99 Å². The third-order valence-corrected chi connectivity index (χ3v) is 3.45. The molecule has 142 valence electrons. The third-order valence-electron chi connectivity index (χ3n) is 3.45. The molecule has 2 N–H and O–H groups in total. The molecule has 0 fully saturated rings. The van der Waals surface area contributed by atoms with E-state index in [-0.39, 0.29) is 0 Å². The van der Waals surface area contributed by atoms with Crippen LogP contribution in [0.15, 0.2) is 47.7 Å². The molecule has 8 heteroatoms. The average molecular weight is 365 g/mol. The molecule has 0 saturated carbocycles. The molecule has 2 rings (SSSR count). The molecule has 6 nitrogen and oxygen atoms in total. The molecule has 2 aromatic rings. The van der Waals surface area contributed by atoms with Crippen LogP contribution in [0, 0.1) is 0 Å². The first kappa shape index (κ1) is 19.7. The van der Waals surface area contributed by atoms with Crippen molar-refractivity contribution in [3.63, 3.8) is 0 Å². The number of hydrogen-bond donors (Lipinski definition) is 2. The Bertz CT molecular complexity index is 661. The average Bonchev–Trinajstić information content (AvgIpc) is 3.15. The molecule has 1 aromatic heterocycles. The van der Waals surface area contributed by atoms with Crippen LogP contribution in [0.1, 0.15) is 18.9 Å². The number of hydrogen-bond acceptors (Lipinski definition) is 3. The van der Waals surface area contributed by atoms with Gasteiger partial charge in [0.05, 0.1) is 6.54 Å². The van der Waals surface area contributed by atoms with Crippen LogP contribution >= 0.6 is 0 Å². The van der Waals surface area contributed by atoms with E-state index in [1.807, 2.05) is 29.9 Å². The quantitative estimate of drug-likeness (QED) is 0.386. The van der Waals surface area contributed by atoms with E-state index in [1.165, 1.54) is 0 Å². The molecule has 1 aromatic carbocycles. The van der Waals surface area contributed by atoms with Gasteiger partial charge in [0.15, 0.2) is 5.96 Å². The highest BCUT2D eigenvalue weighted by atomic mass is 19.3. The maximum Gasteiger partial charge on any atom is 0.272 e. The van der Waals surface area contributed by atoms with E-state index >= 15 is 0 Å². The summed E-state index contributed by atoms with van der Waals surface area (Å²) in [4.78, 5) is 4.52. The normalized spacial score (nSPS) is 11.6. The molecule has 26 heavy (non-hydrogen) atoms. The SMILES string of the molecule is CCNC(=NCc1cccc(OCC(F)F)c1)NCCCn1cccn1. The summed E-state index contributed by atoms with van der Waals surface area (Å²) in [5.41, 5.74) is 0.894. The highest BCUT2D eigenvalue weighted by Crippen LogP contribution is 2.14. The van der Waals surface area contributed by atoms with Crippen molar-refractivity contribution in [2.75, 3.05) is 19.7 Å². The van der Waals surface area contributed by atoms with E-state index in [2.05, 4.69) is 20.7 Å². The van der Waals surface area contributed by atoms with Gasteiger partial charge >= 0.3 is 0 Å². The van der Waals surface area contributed by atoms with Gasteiger partial charge in [0.1, 0.15) is 12.4 Å². The summed E-state index contributed by atoms with van der Waals surface area (Å²) >= 11 is 0. The first-order valence-electron chi connectivity index (χ1n) is 8.67. The van der Waals surface area contributed by atoms with Crippen molar-refractivity contribution in [3.05, 3.63) is 48.3 Å². The summed E-state index contributed by atoms with van der Waals surface area (Å²) in [5, 5.41) is 10.6. The van der Waals surface area contributed by atoms with Gasteiger partial charge in [0, 0.05) is 32.0 Å². The van der Waals surface area contributed by atoms with E-state index in [4.69, 9.17) is 4.74 Å². The molecule has 0 saturated heterocycles. The smallest absolute Gasteiger partial charge is 0.272 e. The van der Waals surface area contributed by atoms with Gasteiger partial charge in [-0.25, -0.2) is 13.8 Å². The van der Waals surface area contributed by atoms with Crippen molar-refractivity contribution in [1.29, 1.82) is 0 Å². The number of nitrogens with one attached hydrogen (secondary N) is 2. The zero-order valence-electron chi connectivity index (χ0n) is 14.9. The summed E-state index contributed by atoms with van der Waals surface area (Å²) in [5.74, 6) is 1.14. The number of aromatic nitrogens is 2. The van der Waals surface area contributed by atoms with Crippen LogP contribution in [-0.2, 0) is 13.1 Å². The second kappa shape index (κ2) is 11.1. The summed E-state index contributed by atoms with van der Waals surface area (Å²) in [6, 6.07) is 8.95. The Balaban J connectivity index is 1.82. The van der Waals surface area contributed by atoms with Crippen molar-refractivity contribution >= 4 is 5.96 Å². The van der Waals surface area contributed by atoms with Gasteiger partial charge in [0.25, 0.3) is 6.43 Å². The second-order valence-electron chi connectivity index (χ2n) is 5.59. The molecular weight excluding hydrogens is 340 g/mol. The molecular formula is C18H25F2N5O. The number of rotatable bonds is 10. The van der Waals surface area contributed by atoms with Gasteiger partial charge in [-0.3, -0.25) is 4.68 Å². The van der Waals surface area contributed by atoms with E-state index in [0.717, 1.165) is 31.6 Å². The molecule has 0 spiro atoms. The molecule has 0 unspecified atom stereocenters. The second-order valence-corrected chi connectivity index (χ2v) is 5.59. The van der Waals surface area contributed by atoms with Crippen LogP contribution in [0.25, 0.3) is 0 Å². The summed E-state index contributed by atoms with van der Waals surface area (Å²) in [7, 11) is 0. The van der Waals surface area contributed by atoms with Crippen LogP contribution in [0.5, 0.6) is 5.75 Å². The lowest BCUT2D eigenvalue weighted by Gasteiger charge is -2.12. The summed E-state index contributed by atoms with van der Waals surface area (Å²) < 4.78 is 31.4. The maximum atomic E-state index is 12.2. The Morgan fingerprint density at radius 1 is 1.31 bits per heavy atom. The lowest BCUT2D eigenvalue weighted by atomic mass is 10.2. The standard InChI is InChI=1S/C18H25F2N5O/c1-2-21-18(22-8-4-10-25-11-5-9-24-25)23-13-15-6-3-7-16(12-15)26-14-17(19)20/h3,5-7,9,11-12,17H,2,4,8,10,13-14H2,1H3,(H2,21,22,23). The van der Waals surface area contributed by atoms with E-state index in [1.54, 1.807) is 24.4 Å². The molecule has 0 aliphatic heterocycles. The van der Waals surface area contributed by atoms with Gasteiger partial charge in [-0.1, -0.05) is 12.1 Å². The largest absolute Gasteiger partial charge is 0.488 e. The first-order chi connectivity index (χ1) is 12.7.